The fourth-order valence-electron chi connectivity index (χ4n) is 1.65. The molecule has 3 rings (SSSR count). The Morgan fingerprint density at radius 3 is 2.60 bits per heavy atom. The molecule has 0 aliphatic carbocycles. The van der Waals surface area contributed by atoms with Gasteiger partial charge in [-0.15, -0.1) is 5.10 Å². The largest absolute Gasteiger partial charge is 0.323 e. The number of aromatic nitrogens is 4. The maximum atomic E-state index is 11.1. The molecule has 0 saturated carbocycles. The van der Waals surface area contributed by atoms with E-state index in [4.69, 9.17) is 5.14 Å². The van der Waals surface area contributed by atoms with Crippen LogP contribution in [0.25, 0.3) is 5.65 Å². The number of nitrogens with one attached hydrogen (secondary N) is 1. The average Bonchev–Trinajstić information content (AvgIpc) is 2.80. The Labute approximate surface area is 114 Å². The van der Waals surface area contributed by atoms with E-state index < -0.39 is 10.0 Å². The van der Waals surface area contributed by atoms with Gasteiger partial charge in [-0.25, -0.2) is 18.1 Å². The molecule has 2 heterocycles. The summed E-state index contributed by atoms with van der Waals surface area (Å²) in [5, 5.41) is 12.2. The summed E-state index contributed by atoms with van der Waals surface area (Å²) in [6.45, 7) is 0. The van der Waals surface area contributed by atoms with Crippen LogP contribution in [-0.2, 0) is 10.0 Å². The number of nitrogens with two attached hydrogens (primary N) is 1. The first kappa shape index (κ1) is 12.5. The highest BCUT2D eigenvalue weighted by Crippen LogP contribution is 2.16. The second-order valence-corrected chi connectivity index (χ2v) is 5.57. The van der Waals surface area contributed by atoms with Crippen LogP contribution >= 0.6 is 0 Å². The van der Waals surface area contributed by atoms with Crippen molar-refractivity contribution in [1.29, 1.82) is 0 Å². The Hall–Kier alpha value is -2.52. The first-order valence-corrected chi connectivity index (χ1v) is 7.13. The molecule has 0 atom stereocenters. The molecule has 0 aliphatic rings. The summed E-state index contributed by atoms with van der Waals surface area (Å²) in [5.41, 5.74) is 1.26. The van der Waals surface area contributed by atoms with Crippen molar-refractivity contribution in [3.63, 3.8) is 0 Å². The highest BCUT2D eigenvalue weighted by Gasteiger charge is 2.08. The first-order valence-electron chi connectivity index (χ1n) is 5.59. The Morgan fingerprint density at radius 2 is 1.95 bits per heavy atom. The topological polar surface area (TPSA) is 115 Å². The van der Waals surface area contributed by atoms with E-state index in [1.165, 1.54) is 12.1 Å². The minimum Gasteiger partial charge on any atom is -0.323 e. The zero-order valence-corrected chi connectivity index (χ0v) is 10.9. The predicted octanol–water partition coefficient (Wildman–Crippen LogP) is 0.515. The van der Waals surface area contributed by atoms with Gasteiger partial charge in [0.1, 0.15) is 0 Å². The van der Waals surface area contributed by atoms with Crippen LogP contribution in [0.1, 0.15) is 0 Å². The quantitative estimate of drug-likeness (QED) is 0.726. The molecule has 0 unspecified atom stereocenters. The third-order valence-electron chi connectivity index (χ3n) is 2.58. The fourth-order valence-corrected chi connectivity index (χ4v) is 2.17. The van der Waals surface area contributed by atoms with Gasteiger partial charge >= 0.3 is 0 Å². The van der Waals surface area contributed by atoms with E-state index in [0.29, 0.717) is 17.3 Å². The number of hydrogen-bond donors (Lipinski definition) is 2. The van der Waals surface area contributed by atoms with Crippen LogP contribution in [0.15, 0.2) is 47.8 Å². The summed E-state index contributed by atoms with van der Waals surface area (Å²) in [5.74, 6) is 0.390. The van der Waals surface area contributed by atoms with Crippen LogP contribution in [0, 0.1) is 0 Å². The van der Waals surface area contributed by atoms with E-state index in [9.17, 15) is 8.42 Å². The highest BCUT2D eigenvalue weighted by atomic mass is 32.2. The SMILES string of the molecule is NS(=O)(=O)c1ccc(Nc2nc3cnccn3n2)cc1. The number of hydrogen-bond acceptors (Lipinski definition) is 6. The maximum Gasteiger partial charge on any atom is 0.247 e. The summed E-state index contributed by atoms with van der Waals surface area (Å²) in [7, 11) is -3.68. The predicted molar refractivity (Wildman–Crippen MR) is 71.9 cm³/mol. The number of nitrogens with zero attached hydrogens (tertiary/aromatic N) is 4. The van der Waals surface area contributed by atoms with Crippen LogP contribution < -0.4 is 10.5 Å². The molecule has 102 valence electrons. The van der Waals surface area contributed by atoms with Gasteiger partial charge in [-0.1, -0.05) is 0 Å². The Kier molecular flexibility index (Phi) is 2.84. The summed E-state index contributed by atoms with van der Waals surface area (Å²) in [6, 6.07) is 6.00. The normalized spacial score (nSPS) is 11.7. The third kappa shape index (κ3) is 2.44. The van der Waals surface area contributed by atoms with Crippen molar-refractivity contribution in [3.05, 3.63) is 42.9 Å². The summed E-state index contributed by atoms with van der Waals surface area (Å²) >= 11 is 0. The highest BCUT2D eigenvalue weighted by molar-refractivity contribution is 7.89. The van der Waals surface area contributed by atoms with E-state index in [2.05, 4.69) is 20.4 Å². The van der Waals surface area contributed by atoms with Gasteiger partial charge < -0.3 is 5.32 Å². The van der Waals surface area contributed by atoms with Crippen LogP contribution in [-0.4, -0.2) is 28.0 Å². The number of fused-ring (bicyclic) bond motifs is 1. The molecular weight excluding hydrogens is 280 g/mol. The van der Waals surface area contributed by atoms with E-state index in [1.807, 2.05) is 0 Å². The number of benzene rings is 1. The molecule has 2 aromatic heterocycles. The third-order valence-corrected chi connectivity index (χ3v) is 3.51. The molecule has 0 bridgehead atoms. The molecule has 0 saturated heterocycles. The van der Waals surface area contributed by atoms with Crippen molar-refractivity contribution in [3.8, 4) is 0 Å². The van der Waals surface area contributed by atoms with Gasteiger partial charge in [-0.3, -0.25) is 4.98 Å². The van der Waals surface area contributed by atoms with Gasteiger partial charge in [0.2, 0.25) is 16.0 Å². The molecule has 20 heavy (non-hydrogen) atoms. The smallest absolute Gasteiger partial charge is 0.247 e. The number of anilines is 2. The monoisotopic (exact) mass is 290 g/mol. The molecule has 8 nitrogen and oxygen atoms in total. The van der Waals surface area contributed by atoms with Crippen LogP contribution in [0.5, 0.6) is 0 Å². The number of rotatable bonds is 3. The molecular formula is C11H10N6O2S. The zero-order chi connectivity index (χ0) is 14.2. The molecule has 0 aliphatic heterocycles. The first-order chi connectivity index (χ1) is 9.52. The van der Waals surface area contributed by atoms with Crippen molar-refractivity contribution in [2.45, 2.75) is 4.90 Å². The van der Waals surface area contributed by atoms with Crippen molar-refractivity contribution < 1.29 is 8.42 Å². The van der Waals surface area contributed by atoms with Gasteiger partial charge in [0.05, 0.1) is 11.1 Å². The van der Waals surface area contributed by atoms with E-state index in [1.54, 1.807) is 35.2 Å². The Bertz CT molecular complexity index is 823. The van der Waals surface area contributed by atoms with Crippen LogP contribution in [0.4, 0.5) is 11.6 Å². The molecule has 0 fully saturated rings. The van der Waals surface area contributed by atoms with E-state index in [0.717, 1.165) is 0 Å². The zero-order valence-electron chi connectivity index (χ0n) is 10.1. The van der Waals surface area contributed by atoms with Crippen molar-refractivity contribution in [2.24, 2.45) is 5.14 Å². The van der Waals surface area contributed by atoms with E-state index >= 15 is 0 Å². The van der Waals surface area contributed by atoms with Crippen molar-refractivity contribution in [1.82, 2.24) is 19.6 Å². The molecule has 9 heteroatoms. The minimum atomic E-state index is -3.68. The molecule has 0 radical (unpaired) electrons. The van der Waals surface area contributed by atoms with Gasteiger partial charge in [-0.2, -0.15) is 4.98 Å². The standard InChI is InChI=1S/C11H10N6O2S/c12-20(18,19)9-3-1-8(2-4-9)14-11-15-10-7-13-5-6-17(10)16-11/h1-7H,(H,14,16)(H2,12,18,19). The molecule has 3 aromatic rings. The lowest BCUT2D eigenvalue weighted by atomic mass is 10.3. The van der Waals surface area contributed by atoms with Gasteiger partial charge in [-0.05, 0) is 24.3 Å². The number of sulfonamides is 1. The second-order valence-electron chi connectivity index (χ2n) is 4.01. The van der Waals surface area contributed by atoms with Crippen LogP contribution in [0.2, 0.25) is 0 Å². The van der Waals surface area contributed by atoms with Gasteiger partial charge in [0.15, 0.2) is 5.65 Å². The Morgan fingerprint density at radius 1 is 1.20 bits per heavy atom. The van der Waals surface area contributed by atoms with Gasteiger partial charge in [0, 0.05) is 18.1 Å². The fraction of sp³-hybridized carbons (Fsp3) is 0. The lowest BCUT2D eigenvalue weighted by Gasteiger charge is -2.02. The van der Waals surface area contributed by atoms with Gasteiger partial charge in [0.25, 0.3) is 0 Å². The lowest BCUT2D eigenvalue weighted by Crippen LogP contribution is -2.11. The summed E-state index contributed by atoms with van der Waals surface area (Å²) < 4.78 is 23.9. The second kappa shape index (κ2) is 4.54. The molecule has 0 amide bonds. The summed E-state index contributed by atoms with van der Waals surface area (Å²) in [4.78, 5) is 8.21. The lowest BCUT2D eigenvalue weighted by molar-refractivity contribution is 0.598. The van der Waals surface area contributed by atoms with Crippen molar-refractivity contribution >= 4 is 27.3 Å². The Balaban J connectivity index is 1.87. The number of primary sulfonamides is 1. The summed E-state index contributed by atoms with van der Waals surface area (Å²) in [6.07, 6.45) is 4.87. The molecule has 1 aromatic carbocycles. The molecule has 0 spiro atoms. The molecule has 3 N–H and O–H groups in total. The maximum absolute atomic E-state index is 11.1. The average molecular weight is 290 g/mol. The van der Waals surface area contributed by atoms with E-state index in [-0.39, 0.29) is 4.90 Å². The van der Waals surface area contributed by atoms with Crippen molar-refractivity contribution in [2.75, 3.05) is 5.32 Å². The minimum absolute atomic E-state index is 0.0511. The van der Waals surface area contributed by atoms with Crippen LogP contribution in [0.3, 0.4) is 0 Å².